The zero-order chi connectivity index (χ0) is 12.8. The van der Waals surface area contributed by atoms with Crippen LogP contribution in [0.5, 0.6) is 0 Å². The Labute approximate surface area is 107 Å². The van der Waals surface area contributed by atoms with Gasteiger partial charge in [0.15, 0.2) is 0 Å². The molecule has 0 aromatic heterocycles. The lowest BCUT2D eigenvalue weighted by molar-refractivity contribution is -0.383. The molecule has 0 radical (unpaired) electrons. The molecule has 1 saturated heterocycles. The van der Waals surface area contributed by atoms with Crippen molar-refractivity contribution < 1.29 is 14.6 Å². The predicted molar refractivity (Wildman–Crippen MR) is 67.6 cm³/mol. The molecule has 0 unspecified atom stereocenters. The first kappa shape index (κ1) is 11.8. The van der Waals surface area contributed by atoms with Gasteiger partial charge in [-0.25, -0.2) is 0 Å². The van der Waals surface area contributed by atoms with E-state index in [0.29, 0.717) is 0 Å². The van der Waals surface area contributed by atoms with E-state index in [-0.39, 0.29) is 17.9 Å². The Morgan fingerprint density at radius 2 is 1.94 bits per heavy atom. The van der Waals surface area contributed by atoms with Gasteiger partial charge in [0.1, 0.15) is 6.10 Å². The van der Waals surface area contributed by atoms with Gasteiger partial charge < -0.3 is 14.6 Å². The second-order valence-corrected chi connectivity index (χ2v) is 5.33. The smallest absolute Gasteiger partial charge is 0.245 e. The second-order valence-electron chi connectivity index (χ2n) is 5.33. The average Bonchev–Trinajstić information content (AvgIpc) is 2.68. The topological polar surface area (TPSA) is 38.7 Å². The van der Waals surface area contributed by atoms with Crippen molar-refractivity contribution >= 4 is 0 Å². The molecular formula is C15H18O3. The van der Waals surface area contributed by atoms with E-state index in [1.165, 1.54) is 0 Å². The van der Waals surface area contributed by atoms with Crippen molar-refractivity contribution in [2.75, 3.05) is 0 Å². The summed E-state index contributed by atoms with van der Waals surface area (Å²) in [7, 11) is 0. The van der Waals surface area contributed by atoms with Gasteiger partial charge >= 0.3 is 0 Å². The van der Waals surface area contributed by atoms with Crippen molar-refractivity contribution in [2.45, 2.75) is 31.8 Å². The van der Waals surface area contributed by atoms with Crippen molar-refractivity contribution in [2.24, 2.45) is 11.8 Å². The molecule has 18 heavy (non-hydrogen) atoms. The normalized spacial score (nSPS) is 34.9. The Bertz CT molecular complexity index is 454. The standard InChI is InChI=1S/C15H18O3/c1-10(2)14(16)15-12(8-9-17-15)13(18-15)11-6-4-3-5-7-11/h3-10,12-14,16H,1-2H3/t12-,13+,14-,15-/m0/s1. The quantitative estimate of drug-likeness (QED) is 0.891. The Morgan fingerprint density at radius 1 is 1.22 bits per heavy atom. The van der Waals surface area contributed by atoms with Crippen LogP contribution in [0.15, 0.2) is 42.7 Å². The molecule has 3 heteroatoms. The number of fused-ring (bicyclic) bond motifs is 1. The summed E-state index contributed by atoms with van der Waals surface area (Å²) in [5, 5.41) is 10.3. The zero-order valence-electron chi connectivity index (χ0n) is 10.6. The van der Waals surface area contributed by atoms with Crippen LogP contribution in [0.2, 0.25) is 0 Å². The van der Waals surface area contributed by atoms with Gasteiger partial charge in [-0.2, -0.15) is 0 Å². The average molecular weight is 246 g/mol. The molecule has 3 rings (SSSR count). The van der Waals surface area contributed by atoms with Crippen molar-refractivity contribution in [3.63, 3.8) is 0 Å². The SMILES string of the molecule is CC(C)[C@H](O)[C@]12OC=C[C@H]1[C@@H](c1ccccc1)O2. The lowest BCUT2D eigenvalue weighted by Gasteiger charge is -2.52. The lowest BCUT2D eigenvalue weighted by atomic mass is 9.77. The maximum atomic E-state index is 10.3. The molecule has 1 fully saturated rings. The highest BCUT2D eigenvalue weighted by atomic mass is 16.7. The van der Waals surface area contributed by atoms with E-state index in [9.17, 15) is 5.11 Å². The highest BCUT2D eigenvalue weighted by Crippen LogP contribution is 2.55. The van der Waals surface area contributed by atoms with Crippen LogP contribution in [0.3, 0.4) is 0 Å². The van der Waals surface area contributed by atoms with E-state index in [2.05, 4.69) is 0 Å². The van der Waals surface area contributed by atoms with Crippen LogP contribution < -0.4 is 0 Å². The van der Waals surface area contributed by atoms with E-state index in [4.69, 9.17) is 9.47 Å². The summed E-state index contributed by atoms with van der Waals surface area (Å²) in [4.78, 5) is 0. The third-order valence-electron chi connectivity index (χ3n) is 3.81. The Hall–Kier alpha value is -1.32. The fourth-order valence-electron chi connectivity index (χ4n) is 2.78. The fraction of sp³-hybridized carbons (Fsp3) is 0.467. The number of ether oxygens (including phenoxy) is 2. The monoisotopic (exact) mass is 246 g/mol. The van der Waals surface area contributed by atoms with Gasteiger partial charge in [-0.1, -0.05) is 44.2 Å². The van der Waals surface area contributed by atoms with Crippen LogP contribution >= 0.6 is 0 Å². The zero-order valence-corrected chi connectivity index (χ0v) is 10.6. The third-order valence-corrected chi connectivity index (χ3v) is 3.81. The Kier molecular flexibility index (Phi) is 2.68. The first-order chi connectivity index (χ1) is 8.65. The van der Waals surface area contributed by atoms with Gasteiger partial charge in [-0.05, 0) is 17.6 Å². The minimum atomic E-state index is -0.866. The Balaban J connectivity index is 1.84. The second kappa shape index (κ2) is 4.11. The molecule has 1 N–H and O–H groups in total. The molecule has 0 bridgehead atoms. The number of aliphatic hydroxyl groups excluding tert-OH is 1. The fourth-order valence-corrected chi connectivity index (χ4v) is 2.78. The van der Waals surface area contributed by atoms with Crippen LogP contribution in [0.1, 0.15) is 25.5 Å². The molecule has 96 valence electrons. The van der Waals surface area contributed by atoms with E-state index in [0.717, 1.165) is 5.56 Å². The van der Waals surface area contributed by atoms with Crippen LogP contribution in [0.25, 0.3) is 0 Å². The molecule has 2 heterocycles. The molecule has 1 aromatic carbocycles. The van der Waals surface area contributed by atoms with Crippen molar-refractivity contribution in [3.05, 3.63) is 48.2 Å². The highest BCUT2D eigenvalue weighted by Gasteiger charge is 2.63. The molecule has 2 aliphatic rings. The molecule has 1 aromatic rings. The van der Waals surface area contributed by atoms with Gasteiger partial charge in [0.2, 0.25) is 5.79 Å². The molecule has 0 saturated carbocycles. The largest absolute Gasteiger partial charge is 0.467 e. The number of rotatable bonds is 3. The summed E-state index contributed by atoms with van der Waals surface area (Å²) in [5.41, 5.74) is 1.13. The summed E-state index contributed by atoms with van der Waals surface area (Å²) in [6, 6.07) is 10.1. The van der Waals surface area contributed by atoms with Crippen LogP contribution in [-0.4, -0.2) is 17.0 Å². The summed E-state index contributed by atoms with van der Waals surface area (Å²) < 4.78 is 11.5. The highest BCUT2D eigenvalue weighted by molar-refractivity contribution is 5.26. The predicted octanol–water partition coefficient (Wildman–Crippen LogP) is 2.63. The summed E-state index contributed by atoms with van der Waals surface area (Å²) in [6.45, 7) is 3.94. The molecule has 0 spiro atoms. The Morgan fingerprint density at radius 3 is 2.61 bits per heavy atom. The van der Waals surface area contributed by atoms with Gasteiger partial charge in [0.05, 0.1) is 18.3 Å². The number of aliphatic hydroxyl groups is 1. The third kappa shape index (κ3) is 1.51. The minimum absolute atomic E-state index is 0.0154. The summed E-state index contributed by atoms with van der Waals surface area (Å²) >= 11 is 0. The summed E-state index contributed by atoms with van der Waals surface area (Å²) in [6.07, 6.45) is 3.02. The molecular weight excluding hydrogens is 228 g/mol. The van der Waals surface area contributed by atoms with Crippen LogP contribution in [-0.2, 0) is 9.47 Å². The lowest BCUT2D eigenvalue weighted by Crippen LogP contribution is -2.62. The molecule has 0 amide bonds. The molecule has 0 aliphatic carbocycles. The number of hydrogen-bond donors (Lipinski definition) is 1. The molecule has 4 atom stereocenters. The van der Waals surface area contributed by atoms with Crippen molar-refractivity contribution in [1.29, 1.82) is 0 Å². The van der Waals surface area contributed by atoms with Gasteiger partial charge in [0, 0.05) is 0 Å². The number of benzene rings is 1. The first-order valence-corrected chi connectivity index (χ1v) is 6.40. The minimum Gasteiger partial charge on any atom is -0.467 e. The molecule has 2 aliphatic heterocycles. The van der Waals surface area contributed by atoms with Gasteiger partial charge in [-0.3, -0.25) is 0 Å². The van der Waals surface area contributed by atoms with Crippen molar-refractivity contribution in [1.82, 2.24) is 0 Å². The van der Waals surface area contributed by atoms with Crippen LogP contribution in [0.4, 0.5) is 0 Å². The maximum Gasteiger partial charge on any atom is 0.245 e. The van der Waals surface area contributed by atoms with E-state index in [1.54, 1.807) is 6.26 Å². The van der Waals surface area contributed by atoms with E-state index >= 15 is 0 Å². The van der Waals surface area contributed by atoms with Gasteiger partial charge in [0.25, 0.3) is 0 Å². The van der Waals surface area contributed by atoms with E-state index < -0.39 is 11.9 Å². The van der Waals surface area contributed by atoms with Gasteiger partial charge in [-0.15, -0.1) is 0 Å². The van der Waals surface area contributed by atoms with Crippen molar-refractivity contribution in [3.8, 4) is 0 Å². The molecule has 3 nitrogen and oxygen atoms in total. The first-order valence-electron chi connectivity index (χ1n) is 6.40. The van der Waals surface area contributed by atoms with Crippen LogP contribution in [0, 0.1) is 11.8 Å². The maximum absolute atomic E-state index is 10.3. The number of hydrogen-bond acceptors (Lipinski definition) is 3. The summed E-state index contributed by atoms with van der Waals surface area (Å²) in [5.74, 6) is -0.671. The van der Waals surface area contributed by atoms with E-state index in [1.807, 2.05) is 50.3 Å².